The number of carbonyl (C=O) groups is 2. The molecule has 1 rings (SSSR count). The second kappa shape index (κ2) is 7.70. The summed E-state index contributed by atoms with van der Waals surface area (Å²) in [5.74, 6) is -0.250. The van der Waals surface area contributed by atoms with Crippen LogP contribution < -0.4 is 5.73 Å². The van der Waals surface area contributed by atoms with Crippen molar-refractivity contribution in [3.63, 3.8) is 0 Å². The molecule has 1 aliphatic heterocycles. The van der Waals surface area contributed by atoms with Crippen molar-refractivity contribution in [2.75, 3.05) is 39.9 Å². The highest BCUT2D eigenvalue weighted by Gasteiger charge is 2.44. The van der Waals surface area contributed by atoms with E-state index in [0.717, 1.165) is 0 Å². The summed E-state index contributed by atoms with van der Waals surface area (Å²) in [7, 11) is 1.62. The normalized spacial score (nSPS) is 17.1. The zero-order valence-electron chi connectivity index (χ0n) is 13.1. The monoisotopic (exact) mass is 315 g/mol. The number of likely N-dealkylation sites (N-methyl/N-ethyl adjacent to an activating group) is 2. The van der Waals surface area contributed by atoms with Gasteiger partial charge in [0.1, 0.15) is 5.41 Å². The third kappa shape index (κ3) is 3.91. The van der Waals surface area contributed by atoms with E-state index in [0.29, 0.717) is 39.1 Å². The molecule has 0 aliphatic carbocycles. The molecule has 0 radical (unpaired) electrons. The van der Waals surface area contributed by atoms with Gasteiger partial charge >= 0.3 is 0 Å². The van der Waals surface area contributed by atoms with Gasteiger partial charge in [0.15, 0.2) is 0 Å². The number of thiocarbonyl (C=S) groups is 1. The van der Waals surface area contributed by atoms with Gasteiger partial charge in [0, 0.05) is 33.4 Å². The number of nitrogens with zero attached hydrogens (tertiary/aromatic N) is 2. The fourth-order valence-corrected chi connectivity index (χ4v) is 2.89. The Hall–Kier alpha value is -1.21. The molecule has 0 unspecified atom stereocenters. The van der Waals surface area contributed by atoms with Crippen molar-refractivity contribution in [2.24, 2.45) is 11.1 Å². The molecule has 0 bridgehead atoms. The van der Waals surface area contributed by atoms with Crippen molar-refractivity contribution in [3.05, 3.63) is 0 Å². The van der Waals surface area contributed by atoms with Gasteiger partial charge in [0.05, 0.1) is 11.5 Å². The first-order chi connectivity index (χ1) is 9.89. The van der Waals surface area contributed by atoms with Gasteiger partial charge in [0.2, 0.25) is 11.8 Å². The number of carbonyl (C=O) groups excluding carboxylic acids is 2. The van der Waals surface area contributed by atoms with Crippen LogP contribution in [0.15, 0.2) is 0 Å². The first kappa shape index (κ1) is 17.8. The van der Waals surface area contributed by atoms with Crippen LogP contribution in [-0.4, -0.2) is 66.5 Å². The SMILES string of the molecule is CCN(CC)C(=O)CN(C)C(=O)C1(C(N)=S)CCOCC1. The zero-order valence-corrected chi connectivity index (χ0v) is 13.9. The number of hydrogen-bond donors (Lipinski definition) is 1. The van der Waals surface area contributed by atoms with Crippen molar-refractivity contribution >= 4 is 29.0 Å². The molecule has 120 valence electrons. The summed E-state index contributed by atoms with van der Waals surface area (Å²) < 4.78 is 5.30. The first-order valence-electron chi connectivity index (χ1n) is 7.30. The van der Waals surface area contributed by atoms with E-state index in [1.54, 1.807) is 11.9 Å². The summed E-state index contributed by atoms with van der Waals surface area (Å²) in [4.78, 5) is 28.2. The average Bonchev–Trinajstić information content (AvgIpc) is 2.48. The van der Waals surface area contributed by atoms with Gasteiger partial charge in [-0.2, -0.15) is 0 Å². The molecule has 1 heterocycles. The van der Waals surface area contributed by atoms with Gasteiger partial charge < -0.3 is 20.3 Å². The van der Waals surface area contributed by atoms with Crippen molar-refractivity contribution in [1.82, 2.24) is 9.80 Å². The molecule has 0 saturated carbocycles. The molecule has 1 aliphatic rings. The second-order valence-electron chi connectivity index (χ2n) is 5.29. The highest BCUT2D eigenvalue weighted by Crippen LogP contribution is 2.33. The molecule has 2 amide bonds. The molecule has 0 aromatic carbocycles. The summed E-state index contributed by atoms with van der Waals surface area (Å²) >= 11 is 5.11. The van der Waals surface area contributed by atoms with E-state index in [1.807, 2.05) is 13.8 Å². The van der Waals surface area contributed by atoms with Gasteiger partial charge in [0.25, 0.3) is 0 Å². The maximum atomic E-state index is 12.7. The Morgan fingerprint density at radius 1 is 1.24 bits per heavy atom. The Kier molecular flexibility index (Phi) is 6.54. The molecular weight excluding hydrogens is 290 g/mol. The number of rotatable bonds is 6. The predicted octanol–water partition coefficient (Wildman–Crippen LogP) is 0.396. The molecule has 0 aromatic rings. The van der Waals surface area contributed by atoms with E-state index >= 15 is 0 Å². The molecule has 1 fully saturated rings. The van der Waals surface area contributed by atoms with Crippen LogP contribution in [0, 0.1) is 5.41 Å². The molecule has 21 heavy (non-hydrogen) atoms. The molecule has 1 saturated heterocycles. The van der Waals surface area contributed by atoms with Crippen LogP contribution in [0.25, 0.3) is 0 Å². The Morgan fingerprint density at radius 2 is 1.76 bits per heavy atom. The van der Waals surface area contributed by atoms with E-state index in [1.165, 1.54) is 4.90 Å². The third-order valence-electron chi connectivity index (χ3n) is 4.06. The summed E-state index contributed by atoms with van der Waals surface area (Å²) in [6.45, 7) is 6.06. The molecule has 2 N–H and O–H groups in total. The molecular formula is C14H25N3O3S. The van der Waals surface area contributed by atoms with Gasteiger partial charge in [-0.3, -0.25) is 9.59 Å². The van der Waals surface area contributed by atoms with E-state index < -0.39 is 5.41 Å². The maximum absolute atomic E-state index is 12.7. The number of hydrogen-bond acceptors (Lipinski definition) is 4. The summed E-state index contributed by atoms with van der Waals surface area (Å²) in [6, 6.07) is 0. The highest BCUT2D eigenvalue weighted by atomic mass is 32.1. The van der Waals surface area contributed by atoms with Gasteiger partial charge in [-0.25, -0.2) is 0 Å². The minimum Gasteiger partial charge on any atom is -0.392 e. The van der Waals surface area contributed by atoms with Crippen molar-refractivity contribution in [1.29, 1.82) is 0 Å². The number of ether oxygens (including phenoxy) is 1. The van der Waals surface area contributed by atoms with Crippen molar-refractivity contribution in [2.45, 2.75) is 26.7 Å². The minimum atomic E-state index is -0.869. The molecule has 7 heteroatoms. The lowest BCUT2D eigenvalue weighted by Gasteiger charge is -2.37. The molecule has 0 spiro atoms. The lowest BCUT2D eigenvalue weighted by molar-refractivity contribution is -0.146. The minimum absolute atomic E-state index is 0.0474. The number of nitrogens with two attached hydrogens (primary N) is 1. The lowest BCUT2D eigenvalue weighted by atomic mass is 9.78. The van der Waals surface area contributed by atoms with Gasteiger partial charge in [-0.05, 0) is 26.7 Å². The number of amides is 2. The third-order valence-corrected chi connectivity index (χ3v) is 4.45. The topological polar surface area (TPSA) is 75.9 Å². The van der Waals surface area contributed by atoms with Crippen LogP contribution in [0.4, 0.5) is 0 Å². The van der Waals surface area contributed by atoms with Crippen LogP contribution in [-0.2, 0) is 14.3 Å². The van der Waals surface area contributed by atoms with Crippen LogP contribution in [0.2, 0.25) is 0 Å². The maximum Gasteiger partial charge on any atom is 0.242 e. The smallest absolute Gasteiger partial charge is 0.242 e. The van der Waals surface area contributed by atoms with Crippen LogP contribution >= 0.6 is 12.2 Å². The van der Waals surface area contributed by atoms with Gasteiger partial charge in [-0.1, -0.05) is 12.2 Å². The van der Waals surface area contributed by atoms with Crippen molar-refractivity contribution in [3.8, 4) is 0 Å². The zero-order chi connectivity index (χ0) is 16.0. The summed E-state index contributed by atoms with van der Waals surface area (Å²) in [5, 5.41) is 0. The van der Waals surface area contributed by atoms with E-state index in [9.17, 15) is 9.59 Å². The molecule has 6 nitrogen and oxygen atoms in total. The quantitative estimate of drug-likeness (QED) is 0.718. The highest BCUT2D eigenvalue weighted by molar-refractivity contribution is 7.80. The second-order valence-corrected chi connectivity index (χ2v) is 5.73. The Labute approximate surface area is 131 Å². The van der Waals surface area contributed by atoms with Crippen LogP contribution in [0.1, 0.15) is 26.7 Å². The average molecular weight is 315 g/mol. The lowest BCUT2D eigenvalue weighted by Crippen LogP contribution is -2.54. The van der Waals surface area contributed by atoms with Crippen molar-refractivity contribution < 1.29 is 14.3 Å². The standard InChI is InChI=1S/C14H25N3O3S/c1-4-17(5-2)11(18)10-16(3)13(19)14(12(15)21)6-8-20-9-7-14/h4-10H2,1-3H3,(H2,15,21). The first-order valence-corrected chi connectivity index (χ1v) is 7.70. The molecule has 0 aromatic heterocycles. The summed E-state index contributed by atoms with van der Waals surface area (Å²) in [5.41, 5.74) is 4.95. The molecule has 0 atom stereocenters. The summed E-state index contributed by atoms with van der Waals surface area (Å²) in [6.07, 6.45) is 0.954. The van der Waals surface area contributed by atoms with E-state index in [4.69, 9.17) is 22.7 Å². The largest absolute Gasteiger partial charge is 0.392 e. The van der Waals surface area contributed by atoms with Crippen LogP contribution in [0.3, 0.4) is 0 Å². The fraction of sp³-hybridized carbons (Fsp3) is 0.786. The van der Waals surface area contributed by atoms with Gasteiger partial charge in [-0.15, -0.1) is 0 Å². The fourth-order valence-electron chi connectivity index (χ4n) is 2.60. The van der Waals surface area contributed by atoms with Crippen LogP contribution in [0.5, 0.6) is 0 Å². The van der Waals surface area contributed by atoms with E-state index in [2.05, 4.69) is 0 Å². The Bertz CT molecular complexity index is 404. The van der Waals surface area contributed by atoms with E-state index in [-0.39, 0.29) is 23.3 Å². The Balaban J connectivity index is 2.80. The predicted molar refractivity (Wildman–Crippen MR) is 84.8 cm³/mol. The Morgan fingerprint density at radius 3 is 2.19 bits per heavy atom.